The highest BCUT2D eigenvalue weighted by atomic mass is 35.5. The molecule has 0 bridgehead atoms. The van der Waals surface area contributed by atoms with Gasteiger partial charge in [0.05, 0.1) is 6.26 Å². The Kier molecular flexibility index (Phi) is 5.19. The van der Waals surface area contributed by atoms with Gasteiger partial charge < -0.3 is 0 Å². The topological polar surface area (TPSA) is 37.4 Å². The van der Waals surface area contributed by atoms with Crippen molar-refractivity contribution in [3.63, 3.8) is 0 Å². The summed E-state index contributed by atoms with van der Waals surface area (Å²) in [7, 11) is -3.27. The van der Waals surface area contributed by atoms with E-state index in [1.807, 2.05) is 0 Å². The van der Waals surface area contributed by atoms with Crippen LogP contribution in [0, 0.1) is 0 Å². The molecule has 0 aromatic rings. The van der Waals surface area contributed by atoms with Gasteiger partial charge in [-0.05, 0) is 20.8 Å². The largest absolute Gasteiger partial charge is 0.212 e. The molecule has 0 saturated heterocycles. The highest BCUT2D eigenvalue weighted by molar-refractivity contribution is 7.88. The molecule has 0 spiro atoms. The van der Waals surface area contributed by atoms with Crippen molar-refractivity contribution in [2.45, 2.75) is 31.7 Å². The molecule has 14 heavy (non-hydrogen) atoms. The zero-order chi connectivity index (χ0) is 11.6. The summed E-state index contributed by atoms with van der Waals surface area (Å²) in [4.78, 5) is 0. The van der Waals surface area contributed by atoms with E-state index in [-0.39, 0.29) is 17.8 Å². The minimum Gasteiger partial charge on any atom is -0.212 e. The Morgan fingerprint density at radius 2 is 1.86 bits per heavy atom. The van der Waals surface area contributed by atoms with Crippen molar-refractivity contribution in [1.82, 2.24) is 4.31 Å². The van der Waals surface area contributed by atoms with E-state index in [9.17, 15) is 8.42 Å². The van der Waals surface area contributed by atoms with Crippen LogP contribution in [-0.2, 0) is 10.0 Å². The third-order valence-corrected chi connectivity index (χ3v) is 4.06. The van der Waals surface area contributed by atoms with Crippen LogP contribution in [0.4, 0.5) is 0 Å². The molecule has 0 aliphatic carbocycles. The van der Waals surface area contributed by atoms with Crippen LogP contribution in [0.1, 0.15) is 20.8 Å². The second kappa shape index (κ2) is 5.01. The Balaban J connectivity index is 4.93. The Morgan fingerprint density at radius 3 is 2.07 bits per heavy atom. The number of alkyl halides is 2. The Morgan fingerprint density at radius 1 is 1.43 bits per heavy atom. The summed E-state index contributed by atoms with van der Waals surface area (Å²) in [5.41, 5.74) is -0.599. The number of rotatable bonds is 5. The molecule has 0 saturated carbocycles. The monoisotopic (exact) mass is 261 g/mol. The van der Waals surface area contributed by atoms with Gasteiger partial charge >= 0.3 is 0 Å². The third kappa shape index (κ3) is 4.34. The van der Waals surface area contributed by atoms with Crippen molar-refractivity contribution in [3.05, 3.63) is 0 Å². The molecule has 0 radical (unpaired) electrons. The predicted molar refractivity (Wildman–Crippen MR) is 61.7 cm³/mol. The second-order valence-corrected chi connectivity index (χ2v) is 6.94. The van der Waals surface area contributed by atoms with E-state index in [4.69, 9.17) is 23.2 Å². The Bertz CT molecular complexity index is 275. The van der Waals surface area contributed by atoms with Crippen molar-refractivity contribution in [2.75, 3.05) is 18.7 Å². The standard InChI is InChI=1S/C8H17Cl2NO2S/c1-7(10)5-11(14(4,12)13)8(2,3)6-9/h7H,5-6H2,1-4H3. The van der Waals surface area contributed by atoms with Gasteiger partial charge in [-0.2, -0.15) is 4.31 Å². The first kappa shape index (κ1) is 14.5. The van der Waals surface area contributed by atoms with Gasteiger partial charge in [0.25, 0.3) is 0 Å². The van der Waals surface area contributed by atoms with E-state index in [1.165, 1.54) is 10.6 Å². The van der Waals surface area contributed by atoms with Crippen LogP contribution in [0.3, 0.4) is 0 Å². The maximum atomic E-state index is 11.5. The van der Waals surface area contributed by atoms with Crippen molar-refractivity contribution in [1.29, 1.82) is 0 Å². The van der Waals surface area contributed by atoms with Crippen LogP contribution in [0.5, 0.6) is 0 Å². The number of nitrogens with zero attached hydrogens (tertiary/aromatic N) is 1. The van der Waals surface area contributed by atoms with E-state index >= 15 is 0 Å². The van der Waals surface area contributed by atoms with Crippen LogP contribution in [0.2, 0.25) is 0 Å². The van der Waals surface area contributed by atoms with Gasteiger partial charge in [0.1, 0.15) is 0 Å². The molecule has 6 heteroatoms. The van der Waals surface area contributed by atoms with E-state index in [0.717, 1.165) is 0 Å². The number of sulfonamides is 1. The van der Waals surface area contributed by atoms with Gasteiger partial charge in [-0.3, -0.25) is 0 Å². The molecule has 0 aromatic heterocycles. The van der Waals surface area contributed by atoms with Crippen LogP contribution in [0.25, 0.3) is 0 Å². The quantitative estimate of drug-likeness (QED) is 0.709. The minimum atomic E-state index is -3.27. The summed E-state index contributed by atoms with van der Waals surface area (Å²) in [6.45, 7) is 5.59. The molecule has 0 amide bonds. The molecule has 0 fully saturated rings. The fraction of sp³-hybridized carbons (Fsp3) is 1.00. The average Bonchev–Trinajstić information content (AvgIpc) is 1.98. The van der Waals surface area contributed by atoms with Gasteiger partial charge in [-0.25, -0.2) is 8.42 Å². The van der Waals surface area contributed by atoms with E-state index in [2.05, 4.69) is 0 Å². The van der Waals surface area contributed by atoms with Crippen LogP contribution >= 0.6 is 23.2 Å². The first-order valence-corrected chi connectivity index (χ1v) is 7.11. The van der Waals surface area contributed by atoms with E-state index in [1.54, 1.807) is 20.8 Å². The molecule has 0 aliphatic rings. The zero-order valence-corrected chi connectivity index (χ0v) is 11.2. The van der Waals surface area contributed by atoms with E-state index in [0.29, 0.717) is 0 Å². The predicted octanol–water partition coefficient (Wildman–Crippen LogP) is 1.89. The van der Waals surface area contributed by atoms with Gasteiger partial charge in [0.2, 0.25) is 10.0 Å². The second-order valence-electron chi connectivity index (χ2n) is 4.02. The minimum absolute atomic E-state index is 0.229. The molecule has 1 atom stereocenters. The molecular formula is C8H17Cl2NO2S. The molecule has 1 unspecified atom stereocenters. The molecule has 3 nitrogen and oxygen atoms in total. The van der Waals surface area contributed by atoms with Crippen LogP contribution < -0.4 is 0 Å². The summed E-state index contributed by atoms with van der Waals surface area (Å²) in [6.07, 6.45) is 1.17. The number of hydrogen-bond donors (Lipinski definition) is 0. The molecule has 0 aliphatic heterocycles. The number of halogens is 2. The Labute approximate surface area is 96.4 Å². The normalized spacial score (nSPS) is 15.9. The lowest BCUT2D eigenvalue weighted by Gasteiger charge is -2.35. The van der Waals surface area contributed by atoms with Crippen LogP contribution in [-0.4, -0.2) is 42.3 Å². The maximum absolute atomic E-state index is 11.5. The molecular weight excluding hydrogens is 245 g/mol. The molecule has 0 rings (SSSR count). The molecule has 0 aromatic carbocycles. The number of hydrogen-bond acceptors (Lipinski definition) is 2. The van der Waals surface area contributed by atoms with Gasteiger partial charge in [-0.15, -0.1) is 23.2 Å². The lowest BCUT2D eigenvalue weighted by molar-refractivity contribution is 0.256. The van der Waals surface area contributed by atoms with Gasteiger partial charge in [0.15, 0.2) is 0 Å². The lowest BCUT2D eigenvalue weighted by Crippen LogP contribution is -2.50. The van der Waals surface area contributed by atoms with Crippen molar-refractivity contribution in [3.8, 4) is 0 Å². The summed E-state index contributed by atoms with van der Waals surface area (Å²) in [5, 5.41) is -0.229. The smallest absolute Gasteiger partial charge is 0.211 e. The lowest BCUT2D eigenvalue weighted by atomic mass is 10.1. The fourth-order valence-electron chi connectivity index (χ4n) is 1.13. The summed E-state index contributed by atoms with van der Waals surface area (Å²) in [6, 6.07) is 0. The van der Waals surface area contributed by atoms with Crippen LogP contribution in [0.15, 0.2) is 0 Å². The average molecular weight is 262 g/mol. The Hall–Kier alpha value is 0.490. The highest BCUT2D eigenvalue weighted by Crippen LogP contribution is 2.21. The maximum Gasteiger partial charge on any atom is 0.211 e. The molecule has 86 valence electrons. The molecule has 0 N–H and O–H groups in total. The van der Waals surface area contributed by atoms with Crippen molar-refractivity contribution >= 4 is 33.2 Å². The first-order chi connectivity index (χ1) is 6.11. The molecule has 0 heterocycles. The fourth-order valence-corrected chi connectivity index (χ4v) is 3.02. The van der Waals surface area contributed by atoms with Crippen molar-refractivity contribution in [2.24, 2.45) is 0 Å². The summed E-state index contributed by atoms with van der Waals surface area (Å²) < 4.78 is 24.3. The van der Waals surface area contributed by atoms with Gasteiger partial charge in [-0.1, -0.05) is 0 Å². The highest BCUT2D eigenvalue weighted by Gasteiger charge is 2.33. The SMILES string of the molecule is CC(Cl)CN(C(C)(C)CCl)S(C)(=O)=O. The van der Waals surface area contributed by atoms with Gasteiger partial charge in [0, 0.05) is 23.3 Å². The van der Waals surface area contributed by atoms with E-state index < -0.39 is 15.6 Å². The van der Waals surface area contributed by atoms with Crippen molar-refractivity contribution < 1.29 is 8.42 Å². The summed E-state index contributed by atoms with van der Waals surface area (Å²) in [5.74, 6) is 0.240. The first-order valence-electron chi connectivity index (χ1n) is 4.29. The third-order valence-electron chi connectivity index (χ3n) is 1.82. The zero-order valence-electron chi connectivity index (χ0n) is 8.92. The summed E-state index contributed by atoms with van der Waals surface area (Å²) >= 11 is 11.5.